The first-order valence-corrected chi connectivity index (χ1v) is 6.43. The van der Waals surface area contributed by atoms with Gasteiger partial charge in [-0.15, -0.1) is 0 Å². The molecule has 15 heavy (non-hydrogen) atoms. The SMILES string of the molecule is CCN(CC)CCNCCN(CC)CC. The molecule has 0 rings (SSSR count). The van der Waals surface area contributed by atoms with E-state index in [1.807, 2.05) is 0 Å². The van der Waals surface area contributed by atoms with Crippen molar-refractivity contribution in [2.24, 2.45) is 0 Å². The lowest BCUT2D eigenvalue weighted by Crippen LogP contribution is -2.36. The van der Waals surface area contributed by atoms with Crippen LogP contribution >= 0.6 is 0 Å². The van der Waals surface area contributed by atoms with Gasteiger partial charge >= 0.3 is 0 Å². The van der Waals surface area contributed by atoms with Crippen LogP contribution < -0.4 is 5.32 Å². The van der Waals surface area contributed by atoms with Crippen molar-refractivity contribution in [3.63, 3.8) is 0 Å². The molecule has 0 aromatic carbocycles. The summed E-state index contributed by atoms with van der Waals surface area (Å²) in [6.45, 7) is 18.1. The van der Waals surface area contributed by atoms with E-state index < -0.39 is 0 Å². The highest BCUT2D eigenvalue weighted by atomic mass is 15.1. The van der Waals surface area contributed by atoms with Crippen molar-refractivity contribution in [1.82, 2.24) is 15.1 Å². The Labute approximate surface area is 95.8 Å². The first kappa shape index (κ1) is 14.9. The van der Waals surface area contributed by atoms with Gasteiger partial charge < -0.3 is 15.1 Å². The zero-order valence-electron chi connectivity index (χ0n) is 11.1. The van der Waals surface area contributed by atoms with E-state index in [9.17, 15) is 0 Å². The molecule has 0 aliphatic carbocycles. The zero-order valence-corrected chi connectivity index (χ0v) is 11.1. The number of hydrogen-bond acceptors (Lipinski definition) is 3. The standard InChI is InChI=1S/C12H29N3/c1-5-14(6-2)11-9-13-10-12-15(7-3)8-4/h13H,5-12H2,1-4H3. The van der Waals surface area contributed by atoms with Gasteiger partial charge in [0.2, 0.25) is 0 Å². The van der Waals surface area contributed by atoms with Crippen molar-refractivity contribution in [2.75, 3.05) is 52.4 Å². The minimum absolute atomic E-state index is 1.11. The Morgan fingerprint density at radius 3 is 1.27 bits per heavy atom. The quantitative estimate of drug-likeness (QED) is 0.554. The van der Waals surface area contributed by atoms with Crippen LogP contribution in [-0.2, 0) is 0 Å². The lowest BCUT2D eigenvalue weighted by molar-refractivity contribution is 0.283. The summed E-state index contributed by atoms with van der Waals surface area (Å²) < 4.78 is 0. The van der Waals surface area contributed by atoms with Gasteiger partial charge in [-0.3, -0.25) is 0 Å². The van der Waals surface area contributed by atoms with Crippen molar-refractivity contribution in [2.45, 2.75) is 27.7 Å². The van der Waals surface area contributed by atoms with E-state index in [1.165, 1.54) is 13.1 Å². The molecule has 0 fully saturated rings. The van der Waals surface area contributed by atoms with Gasteiger partial charge in [-0.25, -0.2) is 0 Å². The average molecular weight is 215 g/mol. The van der Waals surface area contributed by atoms with Gasteiger partial charge in [0.1, 0.15) is 0 Å². The maximum Gasteiger partial charge on any atom is 0.0107 e. The van der Waals surface area contributed by atoms with Crippen LogP contribution in [0.15, 0.2) is 0 Å². The molecule has 0 saturated heterocycles. The number of nitrogens with zero attached hydrogens (tertiary/aromatic N) is 2. The Balaban J connectivity index is 3.30. The van der Waals surface area contributed by atoms with Gasteiger partial charge in [0, 0.05) is 26.2 Å². The van der Waals surface area contributed by atoms with Crippen molar-refractivity contribution < 1.29 is 0 Å². The second kappa shape index (κ2) is 10.4. The fourth-order valence-corrected chi connectivity index (χ4v) is 1.68. The van der Waals surface area contributed by atoms with Gasteiger partial charge in [-0.05, 0) is 26.2 Å². The average Bonchev–Trinajstić information content (AvgIpc) is 2.29. The third-order valence-electron chi connectivity index (χ3n) is 3.00. The Bertz CT molecular complexity index is 106. The fourth-order valence-electron chi connectivity index (χ4n) is 1.68. The molecule has 0 saturated carbocycles. The predicted octanol–water partition coefficient (Wildman–Crippen LogP) is 1.26. The fraction of sp³-hybridized carbons (Fsp3) is 1.00. The zero-order chi connectivity index (χ0) is 11.5. The summed E-state index contributed by atoms with van der Waals surface area (Å²) in [5.74, 6) is 0. The predicted molar refractivity (Wildman–Crippen MR) is 68.4 cm³/mol. The molecule has 0 aliphatic rings. The molecule has 3 heteroatoms. The van der Waals surface area contributed by atoms with Crippen molar-refractivity contribution >= 4 is 0 Å². The largest absolute Gasteiger partial charge is 0.314 e. The summed E-state index contributed by atoms with van der Waals surface area (Å²) in [6.07, 6.45) is 0. The normalized spacial score (nSPS) is 11.6. The van der Waals surface area contributed by atoms with Crippen LogP contribution in [0.3, 0.4) is 0 Å². The number of likely N-dealkylation sites (N-methyl/N-ethyl adjacent to an activating group) is 2. The van der Waals surface area contributed by atoms with Gasteiger partial charge in [-0.1, -0.05) is 27.7 Å². The van der Waals surface area contributed by atoms with E-state index in [-0.39, 0.29) is 0 Å². The van der Waals surface area contributed by atoms with Crippen LogP contribution in [0.25, 0.3) is 0 Å². The van der Waals surface area contributed by atoms with Crippen molar-refractivity contribution in [1.29, 1.82) is 0 Å². The Morgan fingerprint density at radius 1 is 0.667 bits per heavy atom. The van der Waals surface area contributed by atoms with E-state index in [1.54, 1.807) is 0 Å². The molecule has 0 heterocycles. The molecule has 3 nitrogen and oxygen atoms in total. The maximum atomic E-state index is 3.50. The van der Waals surface area contributed by atoms with Crippen LogP contribution in [0, 0.1) is 0 Å². The van der Waals surface area contributed by atoms with Gasteiger partial charge in [0.15, 0.2) is 0 Å². The second-order valence-corrected chi connectivity index (χ2v) is 3.80. The van der Waals surface area contributed by atoms with E-state index >= 15 is 0 Å². The Kier molecular flexibility index (Phi) is 10.3. The first-order chi connectivity index (χ1) is 7.28. The molecule has 0 unspecified atom stereocenters. The summed E-state index contributed by atoms with van der Waals surface area (Å²) >= 11 is 0. The molecule has 0 radical (unpaired) electrons. The molecule has 92 valence electrons. The summed E-state index contributed by atoms with van der Waals surface area (Å²) in [5, 5.41) is 3.50. The molecular weight excluding hydrogens is 186 g/mol. The van der Waals surface area contributed by atoms with Gasteiger partial charge in [0.05, 0.1) is 0 Å². The highest BCUT2D eigenvalue weighted by Gasteiger charge is 1.99. The van der Waals surface area contributed by atoms with E-state index in [4.69, 9.17) is 0 Å². The molecule has 0 bridgehead atoms. The minimum Gasteiger partial charge on any atom is -0.314 e. The van der Waals surface area contributed by atoms with Gasteiger partial charge in [0.25, 0.3) is 0 Å². The monoisotopic (exact) mass is 215 g/mol. The number of rotatable bonds is 10. The van der Waals surface area contributed by atoms with Crippen LogP contribution in [-0.4, -0.2) is 62.2 Å². The van der Waals surface area contributed by atoms with Crippen LogP contribution in [0.2, 0.25) is 0 Å². The Morgan fingerprint density at radius 2 is 1.00 bits per heavy atom. The van der Waals surface area contributed by atoms with Gasteiger partial charge in [-0.2, -0.15) is 0 Å². The molecule has 1 N–H and O–H groups in total. The van der Waals surface area contributed by atoms with Crippen LogP contribution in [0.1, 0.15) is 27.7 Å². The highest BCUT2D eigenvalue weighted by Crippen LogP contribution is 1.86. The number of nitrogens with one attached hydrogen (secondary N) is 1. The number of hydrogen-bond donors (Lipinski definition) is 1. The maximum absolute atomic E-state index is 3.50. The second-order valence-electron chi connectivity index (χ2n) is 3.80. The topological polar surface area (TPSA) is 18.5 Å². The van der Waals surface area contributed by atoms with E-state index in [0.717, 1.165) is 39.3 Å². The third-order valence-corrected chi connectivity index (χ3v) is 3.00. The molecule has 0 amide bonds. The highest BCUT2D eigenvalue weighted by molar-refractivity contribution is 4.58. The van der Waals surface area contributed by atoms with E-state index in [0.29, 0.717) is 0 Å². The molecule has 0 spiro atoms. The third kappa shape index (κ3) is 7.77. The Hall–Kier alpha value is -0.120. The summed E-state index contributed by atoms with van der Waals surface area (Å²) in [6, 6.07) is 0. The molecule has 0 aromatic rings. The molecular formula is C12H29N3. The van der Waals surface area contributed by atoms with Crippen LogP contribution in [0.5, 0.6) is 0 Å². The molecule has 0 atom stereocenters. The van der Waals surface area contributed by atoms with Crippen molar-refractivity contribution in [3.05, 3.63) is 0 Å². The lowest BCUT2D eigenvalue weighted by atomic mass is 10.4. The van der Waals surface area contributed by atoms with Crippen LogP contribution in [0.4, 0.5) is 0 Å². The summed E-state index contributed by atoms with van der Waals surface area (Å²) in [5.41, 5.74) is 0. The lowest BCUT2D eigenvalue weighted by Gasteiger charge is -2.20. The van der Waals surface area contributed by atoms with Crippen molar-refractivity contribution in [3.8, 4) is 0 Å². The first-order valence-electron chi connectivity index (χ1n) is 6.43. The molecule has 0 aliphatic heterocycles. The minimum atomic E-state index is 1.11. The van der Waals surface area contributed by atoms with E-state index in [2.05, 4.69) is 42.8 Å². The summed E-state index contributed by atoms with van der Waals surface area (Å²) in [7, 11) is 0. The summed E-state index contributed by atoms with van der Waals surface area (Å²) in [4.78, 5) is 4.90. The smallest absolute Gasteiger partial charge is 0.0107 e. The molecule has 0 aromatic heterocycles.